The van der Waals surface area contributed by atoms with E-state index in [0.717, 1.165) is 21.1 Å². The fraction of sp³-hybridized carbons (Fsp3) is 0.368. The molecule has 7 nitrogen and oxygen atoms in total. The molecule has 3 rings (SSSR count). The van der Waals surface area contributed by atoms with Crippen molar-refractivity contribution in [2.75, 3.05) is 0 Å². The van der Waals surface area contributed by atoms with E-state index >= 15 is 0 Å². The maximum Gasteiger partial charge on any atom is 0.339 e. The maximum atomic E-state index is 12.4. The Balaban J connectivity index is 1.83. The molecule has 1 amide bonds. The van der Waals surface area contributed by atoms with Crippen molar-refractivity contribution in [3.05, 3.63) is 49.3 Å². The predicted molar refractivity (Wildman–Crippen MR) is 103 cm³/mol. The molecule has 2 aromatic heterocycles. The molecule has 1 unspecified atom stereocenters. The minimum Gasteiger partial charge on any atom is -0.480 e. The Morgan fingerprint density at radius 1 is 1.22 bits per heavy atom. The number of fused-ring (bicyclic) bond motifs is 1. The van der Waals surface area contributed by atoms with Crippen LogP contribution in [-0.4, -0.2) is 22.2 Å². The third-order valence-electron chi connectivity index (χ3n) is 4.31. The molecule has 0 aliphatic rings. The summed E-state index contributed by atoms with van der Waals surface area (Å²) in [6.07, 6.45) is -0.726. The van der Waals surface area contributed by atoms with Crippen LogP contribution in [0.2, 0.25) is 0 Å². The van der Waals surface area contributed by atoms with Gasteiger partial charge in [0.1, 0.15) is 21.3 Å². The lowest BCUT2D eigenvalue weighted by Gasteiger charge is -2.17. The van der Waals surface area contributed by atoms with Gasteiger partial charge in [-0.2, -0.15) is 0 Å². The van der Waals surface area contributed by atoms with Crippen molar-refractivity contribution < 1.29 is 13.9 Å². The number of aromatic nitrogens is 2. The first-order valence-electron chi connectivity index (χ1n) is 8.54. The van der Waals surface area contributed by atoms with E-state index in [1.54, 1.807) is 19.9 Å². The summed E-state index contributed by atoms with van der Waals surface area (Å²) in [6.45, 7) is 9.28. The summed E-state index contributed by atoms with van der Waals surface area (Å²) in [6, 6.07) is 3.63. The fourth-order valence-electron chi connectivity index (χ4n) is 2.74. The number of nitrogens with one attached hydrogen (secondary N) is 1. The van der Waals surface area contributed by atoms with Crippen LogP contribution in [0.4, 0.5) is 0 Å². The second-order valence-corrected chi connectivity index (χ2v) is 7.73. The number of aryl methyl sites for hydroxylation is 3. The molecule has 1 atom stereocenters. The predicted octanol–water partition coefficient (Wildman–Crippen LogP) is 2.96. The first kappa shape index (κ1) is 19.0. The van der Waals surface area contributed by atoms with E-state index in [9.17, 15) is 9.59 Å². The molecule has 142 valence electrons. The molecule has 0 radical (unpaired) electrons. The van der Waals surface area contributed by atoms with Gasteiger partial charge < -0.3 is 14.5 Å². The minimum absolute atomic E-state index is 0.260. The van der Waals surface area contributed by atoms with Crippen LogP contribution in [0, 0.1) is 27.7 Å². The van der Waals surface area contributed by atoms with Crippen molar-refractivity contribution in [2.45, 2.75) is 47.3 Å². The van der Waals surface area contributed by atoms with E-state index in [2.05, 4.69) is 15.5 Å². The Hall–Kier alpha value is -2.74. The molecule has 2 heterocycles. The standard InChI is InChI=1S/C19H21N3O4S/c1-9-6-14(17-10(2)11(3)19(24)26-15(17)7-9)25-12(4)18(23)20-8-16-22-21-13(5)27-16/h6-7,12H,8H2,1-5H3,(H,20,23). The SMILES string of the molecule is Cc1cc(OC(C)C(=O)NCc2nnc(C)s2)c2c(C)c(C)c(=O)oc2c1. The van der Waals surface area contributed by atoms with Crippen LogP contribution in [-0.2, 0) is 11.3 Å². The van der Waals surface area contributed by atoms with Crippen LogP contribution in [0.15, 0.2) is 21.3 Å². The normalized spacial score (nSPS) is 12.2. The number of carbonyl (C=O) groups excluding carboxylic acids is 1. The Bertz CT molecular complexity index is 1070. The van der Waals surface area contributed by atoms with E-state index in [1.807, 2.05) is 26.8 Å². The van der Waals surface area contributed by atoms with Gasteiger partial charge in [0, 0.05) is 5.56 Å². The monoisotopic (exact) mass is 387 g/mol. The third-order valence-corrected chi connectivity index (χ3v) is 5.15. The van der Waals surface area contributed by atoms with Gasteiger partial charge >= 0.3 is 5.63 Å². The summed E-state index contributed by atoms with van der Waals surface area (Å²) >= 11 is 1.43. The topological polar surface area (TPSA) is 94.3 Å². The van der Waals surface area contributed by atoms with Gasteiger partial charge in [0.15, 0.2) is 6.10 Å². The molecule has 1 aromatic carbocycles. The summed E-state index contributed by atoms with van der Waals surface area (Å²) in [7, 11) is 0. The summed E-state index contributed by atoms with van der Waals surface area (Å²) in [4.78, 5) is 24.3. The van der Waals surface area contributed by atoms with Crippen molar-refractivity contribution in [3.8, 4) is 5.75 Å². The number of amides is 1. The summed E-state index contributed by atoms with van der Waals surface area (Å²) < 4.78 is 11.3. The van der Waals surface area contributed by atoms with Crippen molar-refractivity contribution in [1.29, 1.82) is 0 Å². The molecule has 0 fully saturated rings. The van der Waals surface area contributed by atoms with E-state index < -0.39 is 6.10 Å². The zero-order chi connectivity index (χ0) is 19.7. The molecule has 27 heavy (non-hydrogen) atoms. The van der Waals surface area contributed by atoms with Gasteiger partial charge in [-0.15, -0.1) is 10.2 Å². The minimum atomic E-state index is -0.726. The molecular weight excluding hydrogens is 366 g/mol. The van der Waals surface area contributed by atoms with Crippen LogP contribution < -0.4 is 15.7 Å². The van der Waals surface area contributed by atoms with Crippen molar-refractivity contribution in [2.24, 2.45) is 0 Å². The second kappa shape index (κ2) is 7.48. The molecule has 0 aliphatic carbocycles. The first-order chi connectivity index (χ1) is 12.8. The molecule has 1 N–H and O–H groups in total. The van der Waals surface area contributed by atoms with Crippen molar-refractivity contribution >= 4 is 28.2 Å². The zero-order valence-corrected chi connectivity index (χ0v) is 16.7. The van der Waals surface area contributed by atoms with Crippen LogP contribution in [0.25, 0.3) is 11.0 Å². The van der Waals surface area contributed by atoms with Crippen LogP contribution in [0.1, 0.15) is 33.6 Å². The summed E-state index contributed by atoms with van der Waals surface area (Å²) in [5.74, 6) is 0.257. The van der Waals surface area contributed by atoms with Gasteiger partial charge in [0.25, 0.3) is 5.91 Å². The van der Waals surface area contributed by atoms with Gasteiger partial charge in [-0.05, 0) is 57.9 Å². The van der Waals surface area contributed by atoms with Gasteiger partial charge in [-0.1, -0.05) is 11.3 Å². The average Bonchev–Trinajstić information content (AvgIpc) is 3.02. The highest BCUT2D eigenvalue weighted by atomic mass is 32.1. The van der Waals surface area contributed by atoms with Gasteiger partial charge in [0.05, 0.1) is 11.9 Å². The number of benzene rings is 1. The van der Waals surface area contributed by atoms with E-state index in [4.69, 9.17) is 9.15 Å². The lowest BCUT2D eigenvalue weighted by molar-refractivity contribution is -0.127. The Morgan fingerprint density at radius 2 is 1.96 bits per heavy atom. The highest BCUT2D eigenvalue weighted by Gasteiger charge is 2.19. The van der Waals surface area contributed by atoms with Crippen LogP contribution in [0.3, 0.4) is 0 Å². The van der Waals surface area contributed by atoms with Gasteiger partial charge in [0.2, 0.25) is 0 Å². The highest BCUT2D eigenvalue weighted by Crippen LogP contribution is 2.31. The van der Waals surface area contributed by atoms with E-state index in [0.29, 0.717) is 28.8 Å². The lowest BCUT2D eigenvalue weighted by Crippen LogP contribution is -2.36. The molecule has 0 bridgehead atoms. The third kappa shape index (κ3) is 4.00. The van der Waals surface area contributed by atoms with Gasteiger partial charge in [-0.25, -0.2) is 4.79 Å². The number of ether oxygens (including phenoxy) is 1. The summed E-state index contributed by atoms with van der Waals surface area (Å²) in [5.41, 5.74) is 2.28. The summed E-state index contributed by atoms with van der Waals surface area (Å²) in [5, 5.41) is 13.0. The van der Waals surface area contributed by atoms with Crippen LogP contribution in [0.5, 0.6) is 5.75 Å². The van der Waals surface area contributed by atoms with E-state index in [1.165, 1.54) is 11.3 Å². The molecule has 3 aromatic rings. The van der Waals surface area contributed by atoms with Crippen molar-refractivity contribution in [1.82, 2.24) is 15.5 Å². The fourth-order valence-corrected chi connectivity index (χ4v) is 3.39. The molecule has 8 heteroatoms. The highest BCUT2D eigenvalue weighted by molar-refractivity contribution is 7.11. The Kier molecular flexibility index (Phi) is 5.27. The average molecular weight is 387 g/mol. The first-order valence-corrected chi connectivity index (χ1v) is 9.36. The maximum absolute atomic E-state index is 12.4. The van der Waals surface area contributed by atoms with E-state index in [-0.39, 0.29) is 11.5 Å². The van der Waals surface area contributed by atoms with Crippen LogP contribution >= 0.6 is 11.3 Å². The van der Waals surface area contributed by atoms with Crippen molar-refractivity contribution in [3.63, 3.8) is 0 Å². The molecule has 0 spiro atoms. The lowest BCUT2D eigenvalue weighted by atomic mass is 10.0. The quantitative estimate of drug-likeness (QED) is 0.677. The Labute approximate surface area is 160 Å². The Morgan fingerprint density at radius 3 is 2.63 bits per heavy atom. The molecular formula is C19H21N3O4S. The number of nitrogens with zero attached hydrogens (tertiary/aromatic N) is 2. The molecule has 0 saturated carbocycles. The van der Waals surface area contributed by atoms with Gasteiger partial charge in [-0.3, -0.25) is 4.79 Å². The zero-order valence-electron chi connectivity index (χ0n) is 15.9. The molecule has 0 saturated heterocycles. The number of hydrogen-bond acceptors (Lipinski definition) is 7. The number of hydrogen-bond donors (Lipinski definition) is 1. The number of rotatable bonds is 5. The second-order valence-electron chi connectivity index (χ2n) is 6.47. The molecule has 0 aliphatic heterocycles. The smallest absolute Gasteiger partial charge is 0.339 e. The number of carbonyl (C=O) groups is 1. The largest absolute Gasteiger partial charge is 0.480 e.